The number of carbonyl (C=O) groups is 1. The third kappa shape index (κ3) is 4.06. The first-order chi connectivity index (χ1) is 9.13. The van der Waals surface area contributed by atoms with Gasteiger partial charge in [-0.15, -0.1) is 0 Å². The van der Waals surface area contributed by atoms with Gasteiger partial charge in [0.1, 0.15) is 18.0 Å². The van der Waals surface area contributed by atoms with Crippen LogP contribution in [-0.4, -0.2) is 27.8 Å². The lowest BCUT2D eigenvalue weighted by Gasteiger charge is -2.03. The van der Waals surface area contributed by atoms with Crippen LogP contribution in [0.5, 0.6) is 5.75 Å². The molecule has 0 spiro atoms. The lowest BCUT2D eigenvalue weighted by atomic mass is 10.3. The Kier molecular flexibility index (Phi) is 4.07. The third-order valence-corrected chi connectivity index (χ3v) is 2.22. The molecule has 0 amide bonds. The Hall–Kier alpha value is -2.44. The summed E-state index contributed by atoms with van der Waals surface area (Å²) in [6.07, 6.45) is 0.0757. The SMILES string of the molecule is O=C(O)Cc1nc(CCOc2ccc(F)cc2)no1. The van der Waals surface area contributed by atoms with E-state index in [9.17, 15) is 9.18 Å². The highest BCUT2D eigenvalue weighted by Crippen LogP contribution is 2.11. The molecule has 100 valence electrons. The normalized spacial score (nSPS) is 10.4. The Labute approximate surface area is 107 Å². The average molecular weight is 266 g/mol. The Bertz CT molecular complexity index is 553. The summed E-state index contributed by atoms with van der Waals surface area (Å²) in [5.74, 6) is -0.389. The van der Waals surface area contributed by atoms with Crippen molar-refractivity contribution in [3.63, 3.8) is 0 Å². The molecule has 0 saturated heterocycles. The zero-order chi connectivity index (χ0) is 13.7. The number of aromatic nitrogens is 2. The van der Waals surface area contributed by atoms with Crippen molar-refractivity contribution in [2.24, 2.45) is 0 Å². The quantitative estimate of drug-likeness (QED) is 0.851. The zero-order valence-electron chi connectivity index (χ0n) is 9.88. The molecule has 0 aliphatic carbocycles. The van der Waals surface area contributed by atoms with E-state index in [1.165, 1.54) is 24.3 Å². The van der Waals surface area contributed by atoms with E-state index < -0.39 is 5.97 Å². The van der Waals surface area contributed by atoms with Crippen LogP contribution in [0.15, 0.2) is 28.8 Å². The van der Waals surface area contributed by atoms with E-state index in [4.69, 9.17) is 14.4 Å². The van der Waals surface area contributed by atoms with Gasteiger partial charge in [-0.05, 0) is 24.3 Å². The van der Waals surface area contributed by atoms with Gasteiger partial charge in [-0.3, -0.25) is 4.79 Å². The Morgan fingerprint density at radius 1 is 1.37 bits per heavy atom. The maximum absolute atomic E-state index is 12.6. The van der Waals surface area contributed by atoms with E-state index in [-0.39, 0.29) is 24.7 Å². The van der Waals surface area contributed by atoms with Crippen molar-refractivity contribution in [3.8, 4) is 5.75 Å². The largest absolute Gasteiger partial charge is 0.493 e. The van der Waals surface area contributed by atoms with Crippen LogP contribution in [0.25, 0.3) is 0 Å². The predicted molar refractivity (Wildman–Crippen MR) is 61.2 cm³/mol. The molecule has 1 aromatic carbocycles. The number of hydrogen-bond donors (Lipinski definition) is 1. The molecule has 2 rings (SSSR count). The summed E-state index contributed by atoms with van der Waals surface area (Å²) in [6.45, 7) is 0.289. The highest BCUT2D eigenvalue weighted by Gasteiger charge is 2.09. The summed E-state index contributed by atoms with van der Waals surface area (Å²) in [7, 11) is 0. The van der Waals surface area contributed by atoms with E-state index in [2.05, 4.69) is 10.1 Å². The molecule has 1 heterocycles. The fraction of sp³-hybridized carbons (Fsp3) is 0.250. The van der Waals surface area contributed by atoms with Crippen molar-refractivity contribution in [2.75, 3.05) is 6.61 Å². The second-order valence-corrected chi connectivity index (χ2v) is 3.73. The maximum atomic E-state index is 12.6. The monoisotopic (exact) mass is 266 g/mol. The lowest BCUT2D eigenvalue weighted by molar-refractivity contribution is -0.136. The Morgan fingerprint density at radius 2 is 2.11 bits per heavy atom. The fourth-order valence-corrected chi connectivity index (χ4v) is 1.38. The van der Waals surface area contributed by atoms with Crippen LogP contribution in [0, 0.1) is 5.82 Å². The second kappa shape index (κ2) is 5.94. The van der Waals surface area contributed by atoms with Gasteiger partial charge in [0.25, 0.3) is 0 Å². The average Bonchev–Trinajstić information content (AvgIpc) is 2.78. The number of hydrogen-bond acceptors (Lipinski definition) is 5. The van der Waals surface area contributed by atoms with Crippen molar-refractivity contribution in [3.05, 3.63) is 41.8 Å². The molecule has 0 aliphatic heterocycles. The van der Waals surface area contributed by atoms with Crippen molar-refractivity contribution >= 4 is 5.97 Å². The first-order valence-corrected chi connectivity index (χ1v) is 5.55. The molecule has 1 aromatic heterocycles. The van der Waals surface area contributed by atoms with Crippen molar-refractivity contribution in [1.82, 2.24) is 10.1 Å². The number of benzene rings is 1. The van der Waals surface area contributed by atoms with Gasteiger partial charge in [0.2, 0.25) is 5.89 Å². The van der Waals surface area contributed by atoms with Gasteiger partial charge in [-0.2, -0.15) is 4.98 Å². The molecule has 6 nitrogen and oxygen atoms in total. The van der Waals surface area contributed by atoms with Crippen LogP contribution in [0.1, 0.15) is 11.7 Å². The van der Waals surface area contributed by atoms with Gasteiger partial charge in [-0.1, -0.05) is 5.16 Å². The number of carboxylic acid groups (broad SMARTS) is 1. The summed E-state index contributed by atoms with van der Waals surface area (Å²) >= 11 is 0. The summed E-state index contributed by atoms with van der Waals surface area (Å²) in [5, 5.41) is 12.2. The number of halogens is 1. The van der Waals surface area contributed by atoms with E-state index in [1.807, 2.05) is 0 Å². The molecule has 0 saturated carbocycles. The fourth-order valence-electron chi connectivity index (χ4n) is 1.38. The van der Waals surface area contributed by atoms with Crippen LogP contribution in [-0.2, 0) is 17.6 Å². The summed E-state index contributed by atoms with van der Waals surface area (Å²) in [6, 6.07) is 5.63. The molecular weight excluding hydrogens is 255 g/mol. The van der Waals surface area contributed by atoms with Crippen molar-refractivity contribution in [2.45, 2.75) is 12.8 Å². The number of carboxylic acids is 1. The molecule has 0 bridgehead atoms. The minimum atomic E-state index is -1.03. The number of rotatable bonds is 6. The van der Waals surface area contributed by atoms with Gasteiger partial charge in [-0.25, -0.2) is 4.39 Å². The number of ether oxygens (including phenoxy) is 1. The Balaban J connectivity index is 1.80. The topological polar surface area (TPSA) is 85.5 Å². The van der Waals surface area contributed by atoms with Gasteiger partial charge in [0.15, 0.2) is 5.82 Å². The van der Waals surface area contributed by atoms with Gasteiger partial charge < -0.3 is 14.4 Å². The highest BCUT2D eigenvalue weighted by atomic mass is 19.1. The van der Waals surface area contributed by atoms with Crippen LogP contribution >= 0.6 is 0 Å². The Morgan fingerprint density at radius 3 is 2.79 bits per heavy atom. The van der Waals surface area contributed by atoms with Crippen molar-refractivity contribution < 1.29 is 23.6 Å². The molecule has 0 atom stereocenters. The minimum Gasteiger partial charge on any atom is -0.493 e. The van der Waals surface area contributed by atoms with Gasteiger partial charge in [0, 0.05) is 6.42 Å². The van der Waals surface area contributed by atoms with Crippen LogP contribution in [0.4, 0.5) is 4.39 Å². The van der Waals surface area contributed by atoms with E-state index in [1.54, 1.807) is 0 Å². The summed E-state index contributed by atoms with van der Waals surface area (Å²) in [5.41, 5.74) is 0. The van der Waals surface area contributed by atoms with E-state index in [0.29, 0.717) is 18.0 Å². The van der Waals surface area contributed by atoms with Crippen LogP contribution in [0.2, 0.25) is 0 Å². The molecule has 0 radical (unpaired) electrons. The van der Waals surface area contributed by atoms with Gasteiger partial charge >= 0.3 is 5.97 Å². The molecule has 1 N–H and O–H groups in total. The highest BCUT2D eigenvalue weighted by molar-refractivity contribution is 5.68. The summed E-state index contributed by atoms with van der Waals surface area (Å²) in [4.78, 5) is 14.3. The minimum absolute atomic E-state index is 0.0595. The first kappa shape index (κ1) is 13.0. The van der Waals surface area contributed by atoms with E-state index >= 15 is 0 Å². The molecule has 0 aliphatic rings. The molecule has 19 heavy (non-hydrogen) atoms. The first-order valence-electron chi connectivity index (χ1n) is 5.55. The smallest absolute Gasteiger partial charge is 0.312 e. The van der Waals surface area contributed by atoms with Crippen LogP contribution in [0.3, 0.4) is 0 Å². The van der Waals surface area contributed by atoms with Crippen LogP contribution < -0.4 is 4.74 Å². The molecule has 0 fully saturated rings. The van der Waals surface area contributed by atoms with Crippen molar-refractivity contribution in [1.29, 1.82) is 0 Å². The number of aliphatic carboxylic acids is 1. The zero-order valence-corrected chi connectivity index (χ0v) is 9.88. The summed E-state index contributed by atoms with van der Waals surface area (Å²) < 4.78 is 22.7. The standard InChI is InChI=1S/C12H11FN2O4/c13-8-1-3-9(4-2-8)18-6-5-10-14-11(19-15-10)7-12(16)17/h1-4H,5-7H2,(H,16,17). The maximum Gasteiger partial charge on any atom is 0.312 e. The lowest BCUT2D eigenvalue weighted by Crippen LogP contribution is -2.04. The van der Waals surface area contributed by atoms with Gasteiger partial charge in [0.05, 0.1) is 6.61 Å². The molecule has 0 unspecified atom stereocenters. The molecular formula is C12H11FN2O4. The molecule has 7 heteroatoms. The third-order valence-electron chi connectivity index (χ3n) is 2.22. The predicted octanol–water partition coefficient (Wildman–Crippen LogP) is 1.46. The number of nitrogens with zero attached hydrogens (tertiary/aromatic N) is 2. The second-order valence-electron chi connectivity index (χ2n) is 3.73. The molecule has 2 aromatic rings. The van der Waals surface area contributed by atoms with E-state index in [0.717, 1.165) is 0 Å².